The summed E-state index contributed by atoms with van der Waals surface area (Å²) in [5.74, 6) is 0. The van der Waals surface area contributed by atoms with Crippen LogP contribution in [-0.4, -0.2) is 26.0 Å². The van der Waals surface area contributed by atoms with Gasteiger partial charge in [0.1, 0.15) is 0 Å². The van der Waals surface area contributed by atoms with Gasteiger partial charge in [-0.1, -0.05) is 48.6 Å². The van der Waals surface area contributed by atoms with E-state index >= 15 is 0 Å². The number of ether oxygens (including phenoxy) is 2. The quantitative estimate of drug-likeness (QED) is 0.721. The van der Waals surface area contributed by atoms with Crippen LogP contribution < -0.4 is 4.90 Å². The Labute approximate surface area is 138 Å². The van der Waals surface area contributed by atoms with Crippen molar-refractivity contribution in [1.82, 2.24) is 0 Å². The Bertz CT molecular complexity index is 625. The number of benzene rings is 2. The Kier molecular flexibility index (Phi) is 5.11. The average molecular weight is 309 g/mol. The molecule has 0 atom stereocenters. The monoisotopic (exact) mass is 309 g/mol. The van der Waals surface area contributed by atoms with Gasteiger partial charge in [0.05, 0.1) is 6.54 Å². The first-order valence-corrected chi connectivity index (χ1v) is 8.20. The van der Waals surface area contributed by atoms with Crippen molar-refractivity contribution in [3.63, 3.8) is 0 Å². The summed E-state index contributed by atoms with van der Waals surface area (Å²) in [7, 11) is 0. The SMILES string of the molecule is CCOC(CN1c2ccccc2C=Cc2ccccc21)OCC. The average Bonchev–Trinajstić information content (AvgIpc) is 2.73. The largest absolute Gasteiger partial charge is 0.351 e. The van der Waals surface area contributed by atoms with Crippen molar-refractivity contribution in [3.05, 3.63) is 59.7 Å². The summed E-state index contributed by atoms with van der Waals surface area (Å²) < 4.78 is 11.5. The molecule has 23 heavy (non-hydrogen) atoms. The number of nitrogens with zero attached hydrogens (tertiary/aromatic N) is 1. The molecule has 3 nitrogen and oxygen atoms in total. The van der Waals surface area contributed by atoms with Gasteiger partial charge in [-0.25, -0.2) is 0 Å². The fraction of sp³-hybridized carbons (Fsp3) is 0.300. The Hall–Kier alpha value is -2.10. The molecule has 0 aliphatic carbocycles. The molecule has 120 valence electrons. The van der Waals surface area contributed by atoms with Crippen LogP contribution >= 0.6 is 0 Å². The number of rotatable bonds is 6. The molecular weight excluding hydrogens is 286 g/mol. The van der Waals surface area contributed by atoms with E-state index in [0.717, 1.165) is 0 Å². The minimum Gasteiger partial charge on any atom is -0.351 e. The highest BCUT2D eigenvalue weighted by Crippen LogP contribution is 2.36. The van der Waals surface area contributed by atoms with E-state index in [2.05, 4.69) is 65.6 Å². The second-order valence-corrected chi connectivity index (χ2v) is 5.40. The van der Waals surface area contributed by atoms with Gasteiger partial charge in [0.15, 0.2) is 6.29 Å². The molecule has 0 radical (unpaired) electrons. The maximum atomic E-state index is 5.77. The lowest BCUT2D eigenvalue weighted by molar-refractivity contribution is -0.128. The summed E-state index contributed by atoms with van der Waals surface area (Å²) in [5, 5.41) is 0. The third-order valence-electron chi connectivity index (χ3n) is 3.93. The molecule has 0 N–H and O–H groups in total. The van der Waals surface area contributed by atoms with Crippen molar-refractivity contribution in [3.8, 4) is 0 Å². The molecule has 0 fully saturated rings. The standard InChI is InChI=1S/C20H23NO2/c1-3-22-20(23-4-2)15-21-18-11-7-5-9-16(18)13-14-17-10-6-8-12-19(17)21/h5-14,20H,3-4,15H2,1-2H3. The fourth-order valence-corrected chi connectivity index (χ4v) is 2.93. The Morgan fingerprint density at radius 2 is 1.26 bits per heavy atom. The second kappa shape index (κ2) is 7.44. The molecule has 1 heterocycles. The van der Waals surface area contributed by atoms with Gasteiger partial charge in [0.25, 0.3) is 0 Å². The smallest absolute Gasteiger partial charge is 0.175 e. The Balaban J connectivity index is 2.01. The molecular formula is C20H23NO2. The number of hydrogen-bond donors (Lipinski definition) is 0. The van der Waals surface area contributed by atoms with Crippen molar-refractivity contribution in [1.29, 1.82) is 0 Å². The van der Waals surface area contributed by atoms with Crippen molar-refractivity contribution >= 4 is 23.5 Å². The molecule has 0 amide bonds. The van der Waals surface area contributed by atoms with Crippen LogP contribution in [0.2, 0.25) is 0 Å². The summed E-state index contributed by atoms with van der Waals surface area (Å²) in [5.41, 5.74) is 4.77. The van der Waals surface area contributed by atoms with Gasteiger partial charge < -0.3 is 14.4 Å². The van der Waals surface area contributed by atoms with Gasteiger partial charge in [0, 0.05) is 24.6 Å². The maximum Gasteiger partial charge on any atom is 0.175 e. The second-order valence-electron chi connectivity index (χ2n) is 5.40. The lowest BCUT2D eigenvalue weighted by Crippen LogP contribution is -2.33. The topological polar surface area (TPSA) is 21.7 Å². The zero-order chi connectivity index (χ0) is 16.1. The summed E-state index contributed by atoms with van der Waals surface area (Å²) in [6.45, 7) is 5.94. The molecule has 0 saturated carbocycles. The third-order valence-corrected chi connectivity index (χ3v) is 3.93. The van der Waals surface area contributed by atoms with E-state index in [4.69, 9.17) is 9.47 Å². The van der Waals surface area contributed by atoms with Crippen LogP contribution in [0.15, 0.2) is 48.5 Å². The molecule has 1 aliphatic heterocycles. The summed E-state index contributed by atoms with van der Waals surface area (Å²) in [6, 6.07) is 16.9. The molecule has 0 saturated heterocycles. The van der Waals surface area contributed by atoms with E-state index in [1.165, 1.54) is 22.5 Å². The number of anilines is 2. The van der Waals surface area contributed by atoms with Gasteiger partial charge in [-0.3, -0.25) is 0 Å². The van der Waals surface area contributed by atoms with E-state index in [0.29, 0.717) is 19.8 Å². The molecule has 0 bridgehead atoms. The Morgan fingerprint density at radius 1 is 0.783 bits per heavy atom. The summed E-state index contributed by atoms with van der Waals surface area (Å²) in [4.78, 5) is 2.29. The molecule has 0 unspecified atom stereocenters. The summed E-state index contributed by atoms with van der Waals surface area (Å²) >= 11 is 0. The van der Waals surface area contributed by atoms with E-state index in [1.807, 2.05) is 13.8 Å². The molecule has 3 heteroatoms. The number of hydrogen-bond acceptors (Lipinski definition) is 3. The molecule has 2 aromatic rings. The van der Waals surface area contributed by atoms with Gasteiger partial charge in [-0.15, -0.1) is 0 Å². The number of fused-ring (bicyclic) bond motifs is 2. The molecule has 3 rings (SSSR count). The molecule has 1 aliphatic rings. The highest BCUT2D eigenvalue weighted by Gasteiger charge is 2.21. The van der Waals surface area contributed by atoms with Crippen LogP contribution in [0.25, 0.3) is 12.2 Å². The Morgan fingerprint density at radius 3 is 1.74 bits per heavy atom. The lowest BCUT2D eigenvalue weighted by atomic mass is 10.1. The zero-order valence-electron chi connectivity index (χ0n) is 13.7. The number of para-hydroxylation sites is 2. The lowest BCUT2D eigenvalue weighted by Gasteiger charge is -2.30. The summed E-state index contributed by atoms with van der Waals surface area (Å²) in [6.07, 6.45) is 4.10. The van der Waals surface area contributed by atoms with Gasteiger partial charge >= 0.3 is 0 Å². The van der Waals surface area contributed by atoms with Gasteiger partial charge in [-0.2, -0.15) is 0 Å². The minimum atomic E-state index is -0.246. The molecule has 2 aromatic carbocycles. The molecule has 0 spiro atoms. The molecule has 0 aromatic heterocycles. The van der Waals surface area contributed by atoms with E-state index < -0.39 is 0 Å². The minimum absolute atomic E-state index is 0.246. The zero-order valence-corrected chi connectivity index (χ0v) is 13.7. The van der Waals surface area contributed by atoms with Crippen LogP contribution in [0.1, 0.15) is 25.0 Å². The van der Waals surface area contributed by atoms with Crippen molar-refractivity contribution in [2.75, 3.05) is 24.7 Å². The first-order valence-electron chi connectivity index (χ1n) is 8.20. The van der Waals surface area contributed by atoms with Crippen LogP contribution in [0, 0.1) is 0 Å². The predicted molar refractivity (Wildman–Crippen MR) is 95.9 cm³/mol. The normalized spacial score (nSPS) is 12.9. The van der Waals surface area contributed by atoms with Crippen LogP contribution in [0.3, 0.4) is 0 Å². The highest BCUT2D eigenvalue weighted by molar-refractivity contribution is 5.88. The van der Waals surface area contributed by atoms with E-state index in [1.54, 1.807) is 0 Å². The fourth-order valence-electron chi connectivity index (χ4n) is 2.93. The van der Waals surface area contributed by atoms with Crippen LogP contribution in [0.5, 0.6) is 0 Å². The van der Waals surface area contributed by atoms with Crippen molar-refractivity contribution in [2.45, 2.75) is 20.1 Å². The third kappa shape index (κ3) is 3.46. The van der Waals surface area contributed by atoms with Crippen molar-refractivity contribution < 1.29 is 9.47 Å². The van der Waals surface area contributed by atoms with Gasteiger partial charge in [-0.05, 0) is 37.1 Å². The first-order chi connectivity index (χ1) is 11.3. The van der Waals surface area contributed by atoms with Crippen molar-refractivity contribution in [2.24, 2.45) is 0 Å². The first kappa shape index (κ1) is 15.8. The van der Waals surface area contributed by atoms with Crippen LogP contribution in [0.4, 0.5) is 11.4 Å². The maximum absolute atomic E-state index is 5.77. The van der Waals surface area contributed by atoms with Crippen LogP contribution in [-0.2, 0) is 9.47 Å². The van der Waals surface area contributed by atoms with E-state index in [9.17, 15) is 0 Å². The highest BCUT2D eigenvalue weighted by atomic mass is 16.7. The predicted octanol–water partition coefficient (Wildman–Crippen LogP) is 4.71. The van der Waals surface area contributed by atoms with E-state index in [-0.39, 0.29) is 6.29 Å². The van der Waals surface area contributed by atoms with Gasteiger partial charge in [0.2, 0.25) is 0 Å².